The minimum atomic E-state index is -0.265. The highest BCUT2D eigenvalue weighted by molar-refractivity contribution is 9.10. The summed E-state index contributed by atoms with van der Waals surface area (Å²) >= 11 is 3.30. The molecular formula is C12H11BrFN3. The van der Waals surface area contributed by atoms with E-state index in [1.54, 1.807) is 29.3 Å². The van der Waals surface area contributed by atoms with Crippen LogP contribution in [0, 0.1) is 5.82 Å². The van der Waals surface area contributed by atoms with Gasteiger partial charge in [0.15, 0.2) is 5.82 Å². The Kier molecular flexibility index (Phi) is 3.28. The lowest BCUT2D eigenvalue weighted by Gasteiger charge is -2.19. The number of hydrogen-bond acceptors (Lipinski definition) is 3. The van der Waals surface area contributed by atoms with E-state index in [0.29, 0.717) is 11.5 Å². The number of pyridine rings is 1. The second kappa shape index (κ2) is 4.71. The zero-order valence-electron chi connectivity index (χ0n) is 9.19. The second-order valence-corrected chi connectivity index (χ2v) is 4.52. The minimum Gasteiger partial charge on any atom is -0.396 e. The number of benzene rings is 1. The van der Waals surface area contributed by atoms with Crippen LogP contribution >= 0.6 is 15.9 Å². The molecule has 5 heteroatoms. The van der Waals surface area contributed by atoms with Gasteiger partial charge in [-0.05, 0) is 46.3 Å². The Morgan fingerprint density at radius 2 is 1.94 bits per heavy atom. The average Bonchev–Trinajstić information content (AvgIpc) is 2.29. The summed E-state index contributed by atoms with van der Waals surface area (Å²) in [6.45, 7) is 0. The van der Waals surface area contributed by atoms with Crippen LogP contribution in [0.4, 0.5) is 21.6 Å². The molecule has 0 saturated carbocycles. The fourth-order valence-corrected chi connectivity index (χ4v) is 1.86. The predicted octanol–water partition coefficient (Wildman–Crippen LogP) is 3.33. The van der Waals surface area contributed by atoms with E-state index >= 15 is 0 Å². The van der Waals surface area contributed by atoms with E-state index in [1.165, 1.54) is 12.1 Å². The zero-order chi connectivity index (χ0) is 12.4. The lowest BCUT2D eigenvalue weighted by atomic mass is 10.2. The summed E-state index contributed by atoms with van der Waals surface area (Å²) in [5, 5.41) is 0. The molecule has 2 N–H and O–H groups in total. The summed E-state index contributed by atoms with van der Waals surface area (Å²) in [4.78, 5) is 6.04. The third-order valence-corrected chi connectivity index (χ3v) is 2.83. The summed E-state index contributed by atoms with van der Waals surface area (Å²) in [5.41, 5.74) is 7.27. The van der Waals surface area contributed by atoms with E-state index in [-0.39, 0.29) is 5.82 Å². The van der Waals surface area contributed by atoms with Crippen LogP contribution in [0.5, 0.6) is 0 Å². The van der Waals surface area contributed by atoms with Crippen molar-refractivity contribution in [3.8, 4) is 0 Å². The highest BCUT2D eigenvalue weighted by Gasteiger charge is 2.09. The molecule has 2 rings (SSSR count). The lowest BCUT2D eigenvalue weighted by molar-refractivity contribution is 0.628. The fraction of sp³-hybridized carbons (Fsp3) is 0.0833. The molecule has 0 aliphatic carbocycles. The summed E-state index contributed by atoms with van der Waals surface area (Å²) < 4.78 is 13.6. The smallest absolute Gasteiger partial charge is 0.156 e. The van der Waals surface area contributed by atoms with Crippen molar-refractivity contribution < 1.29 is 4.39 Å². The first-order valence-corrected chi connectivity index (χ1v) is 5.77. The molecule has 0 amide bonds. The number of nitrogen functional groups attached to an aromatic ring is 1. The third-order valence-electron chi connectivity index (χ3n) is 2.39. The van der Waals surface area contributed by atoms with E-state index in [2.05, 4.69) is 20.9 Å². The average molecular weight is 296 g/mol. The lowest BCUT2D eigenvalue weighted by Crippen LogP contribution is -2.13. The molecule has 0 bridgehead atoms. The van der Waals surface area contributed by atoms with E-state index in [9.17, 15) is 4.39 Å². The number of hydrogen-bond donors (Lipinski definition) is 1. The van der Waals surface area contributed by atoms with Gasteiger partial charge in [-0.2, -0.15) is 0 Å². The maximum Gasteiger partial charge on any atom is 0.156 e. The Balaban J connectivity index is 2.36. The molecule has 0 radical (unpaired) electrons. The van der Waals surface area contributed by atoms with Crippen LogP contribution in [-0.4, -0.2) is 12.0 Å². The van der Waals surface area contributed by atoms with Crippen molar-refractivity contribution in [3.05, 3.63) is 46.8 Å². The maximum atomic E-state index is 12.8. The highest BCUT2D eigenvalue weighted by Crippen LogP contribution is 2.28. The molecule has 1 aromatic carbocycles. The van der Waals surface area contributed by atoms with Gasteiger partial charge in [0, 0.05) is 23.4 Å². The van der Waals surface area contributed by atoms with Crippen molar-refractivity contribution in [2.45, 2.75) is 0 Å². The van der Waals surface area contributed by atoms with Crippen LogP contribution in [0.15, 0.2) is 41.0 Å². The molecule has 3 nitrogen and oxygen atoms in total. The van der Waals surface area contributed by atoms with Crippen LogP contribution in [0.25, 0.3) is 0 Å². The van der Waals surface area contributed by atoms with E-state index < -0.39 is 0 Å². The number of nitrogens with two attached hydrogens (primary N) is 1. The quantitative estimate of drug-likeness (QED) is 0.924. The fourth-order valence-electron chi connectivity index (χ4n) is 1.51. The van der Waals surface area contributed by atoms with Gasteiger partial charge in [0.2, 0.25) is 0 Å². The molecule has 0 spiro atoms. The second-order valence-electron chi connectivity index (χ2n) is 3.60. The number of aromatic nitrogens is 1. The first kappa shape index (κ1) is 11.9. The molecule has 1 aromatic heterocycles. The third kappa shape index (κ3) is 2.55. The van der Waals surface area contributed by atoms with Gasteiger partial charge in [0.1, 0.15) is 5.82 Å². The van der Waals surface area contributed by atoms with Crippen molar-refractivity contribution >= 4 is 33.1 Å². The molecule has 17 heavy (non-hydrogen) atoms. The minimum absolute atomic E-state index is 0.265. The predicted molar refractivity (Wildman–Crippen MR) is 70.8 cm³/mol. The standard InChI is InChI=1S/C12H11BrFN3/c1-17(10-4-2-9(14)3-5-10)12-11(15)6-8(13)7-16-12/h2-7H,15H2,1H3. The monoisotopic (exact) mass is 295 g/mol. The molecule has 88 valence electrons. The molecule has 0 saturated heterocycles. The van der Waals surface area contributed by atoms with Crippen LogP contribution in [-0.2, 0) is 0 Å². The van der Waals surface area contributed by atoms with E-state index in [4.69, 9.17) is 5.73 Å². The molecule has 0 aliphatic rings. The number of anilines is 3. The summed E-state index contributed by atoms with van der Waals surface area (Å²) in [6, 6.07) is 7.95. The summed E-state index contributed by atoms with van der Waals surface area (Å²) in [7, 11) is 1.83. The summed E-state index contributed by atoms with van der Waals surface area (Å²) in [5.74, 6) is 0.374. The van der Waals surface area contributed by atoms with Crippen LogP contribution in [0.1, 0.15) is 0 Å². The molecule has 0 aliphatic heterocycles. The Morgan fingerprint density at radius 3 is 2.53 bits per heavy atom. The number of halogens is 2. The van der Waals surface area contributed by atoms with Gasteiger partial charge in [0.05, 0.1) is 5.69 Å². The van der Waals surface area contributed by atoms with Crippen LogP contribution in [0.2, 0.25) is 0 Å². The molecular weight excluding hydrogens is 285 g/mol. The van der Waals surface area contributed by atoms with E-state index in [1.807, 2.05) is 7.05 Å². The van der Waals surface area contributed by atoms with E-state index in [0.717, 1.165) is 10.2 Å². The zero-order valence-corrected chi connectivity index (χ0v) is 10.8. The van der Waals surface area contributed by atoms with Crippen molar-refractivity contribution in [1.29, 1.82) is 0 Å². The highest BCUT2D eigenvalue weighted by atomic mass is 79.9. The van der Waals surface area contributed by atoms with Crippen molar-refractivity contribution in [2.24, 2.45) is 0 Å². The molecule has 0 unspecified atom stereocenters. The first-order valence-electron chi connectivity index (χ1n) is 4.98. The Morgan fingerprint density at radius 1 is 1.29 bits per heavy atom. The normalized spacial score (nSPS) is 10.3. The largest absolute Gasteiger partial charge is 0.396 e. The molecule has 1 heterocycles. The van der Waals surface area contributed by atoms with Gasteiger partial charge < -0.3 is 10.6 Å². The topological polar surface area (TPSA) is 42.2 Å². The maximum absolute atomic E-state index is 12.8. The number of nitrogens with zero attached hydrogens (tertiary/aromatic N) is 2. The molecule has 0 fully saturated rings. The van der Waals surface area contributed by atoms with Gasteiger partial charge in [-0.3, -0.25) is 0 Å². The Hall–Kier alpha value is -1.62. The van der Waals surface area contributed by atoms with Gasteiger partial charge in [-0.1, -0.05) is 0 Å². The SMILES string of the molecule is CN(c1ccc(F)cc1)c1ncc(Br)cc1N. The Bertz CT molecular complexity index is 528. The van der Waals surface area contributed by atoms with Crippen molar-refractivity contribution in [3.63, 3.8) is 0 Å². The Labute approximate surface area is 107 Å². The van der Waals surface area contributed by atoms with Gasteiger partial charge in [0.25, 0.3) is 0 Å². The van der Waals surface area contributed by atoms with Crippen LogP contribution in [0.3, 0.4) is 0 Å². The van der Waals surface area contributed by atoms with Gasteiger partial charge in [-0.25, -0.2) is 9.37 Å². The first-order chi connectivity index (χ1) is 8.08. The summed E-state index contributed by atoms with van der Waals surface area (Å²) in [6.07, 6.45) is 1.67. The van der Waals surface area contributed by atoms with Crippen molar-refractivity contribution in [2.75, 3.05) is 17.7 Å². The van der Waals surface area contributed by atoms with Crippen LogP contribution < -0.4 is 10.6 Å². The van der Waals surface area contributed by atoms with Crippen molar-refractivity contribution in [1.82, 2.24) is 4.98 Å². The van der Waals surface area contributed by atoms with Gasteiger partial charge >= 0.3 is 0 Å². The van der Waals surface area contributed by atoms with Gasteiger partial charge in [-0.15, -0.1) is 0 Å². The molecule has 2 aromatic rings. The number of rotatable bonds is 2. The molecule has 0 atom stereocenters.